The number of carboxylic acid groups (broad SMARTS) is 1. The van der Waals surface area contributed by atoms with Crippen LogP contribution in [0.4, 0.5) is 10.5 Å². The van der Waals surface area contributed by atoms with Crippen molar-refractivity contribution in [2.45, 2.75) is 38.0 Å². The molecule has 0 aliphatic carbocycles. The van der Waals surface area contributed by atoms with Crippen molar-refractivity contribution in [1.29, 1.82) is 0 Å². The molecule has 2 aliphatic heterocycles. The van der Waals surface area contributed by atoms with E-state index in [-0.39, 0.29) is 48.3 Å². The van der Waals surface area contributed by atoms with Crippen LogP contribution in [0, 0.1) is 11.8 Å². The van der Waals surface area contributed by atoms with Crippen molar-refractivity contribution in [1.82, 2.24) is 9.80 Å². The number of rotatable bonds is 8. The van der Waals surface area contributed by atoms with Gasteiger partial charge in [-0.3, -0.25) is 24.2 Å². The number of carbonyl (C=O) groups excluding carboxylic acids is 3. The molecule has 172 valence electrons. The van der Waals surface area contributed by atoms with E-state index in [1.165, 1.54) is 18.2 Å². The summed E-state index contributed by atoms with van der Waals surface area (Å²) in [5.41, 5.74) is 0.168. The number of para-hydroxylation sites is 1. The van der Waals surface area contributed by atoms with Crippen molar-refractivity contribution in [3.05, 3.63) is 24.3 Å². The first-order chi connectivity index (χ1) is 15.0. The summed E-state index contributed by atoms with van der Waals surface area (Å²) in [6.45, 7) is 3.62. The number of carboxylic acids is 1. The Balaban J connectivity index is 1.98. The molecule has 0 radical (unpaired) electrons. The van der Waals surface area contributed by atoms with Gasteiger partial charge in [-0.15, -0.1) is 4.40 Å². The zero-order valence-corrected chi connectivity index (χ0v) is 18.5. The lowest BCUT2D eigenvalue weighted by atomic mass is 10.00. The molecule has 2 aliphatic rings. The first-order valence-electron chi connectivity index (χ1n) is 10.1. The van der Waals surface area contributed by atoms with Crippen LogP contribution in [0.1, 0.15) is 33.1 Å². The van der Waals surface area contributed by atoms with Gasteiger partial charge < -0.3 is 10.4 Å². The molecule has 1 atom stereocenters. The number of hydrogen-bond acceptors (Lipinski definition) is 7. The second-order valence-corrected chi connectivity index (χ2v) is 9.52. The number of imide groups is 2. The lowest BCUT2D eigenvalue weighted by Gasteiger charge is -2.38. The van der Waals surface area contributed by atoms with Crippen LogP contribution in [-0.2, 0) is 24.4 Å². The number of benzene rings is 1. The summed E-state index contributed by atoms with van der Waals surface area (Å²) in [5.74, 6) is -4.78. The highest BCUT2D eigenvalue weighted by Gasteiger charge is 2.49. The first kappa shape index (κ1) is 23.4. The van der Waals surface area contributed by atoms with Crippen LogP contribution in [0.3, 0.4) is 0 Å². The van der Waals surface area contributed by atoms with E-state index in [1.54, 1.807) is 6.07 Å². The minimum absolute atomic E-state index is 0.00716. The Morgan fingerprint density at radius 2 is 1.75 bits per heavy atom. The predicted molar refractivity (Wildman–Crippen MR) is 113 cm³/mol. The van der Waals surface area contributed by atoms with E-state index in [0.717, 1.165) is 9.80 Å². The van der Waals surface area contributed by atoms with Crippen molar-refractivity contribution in [3.8, 4) is 0 Å². The Bertz CT molecular complexity index is 1100. The number of hydrogen-bond donors (Lipinski definition) is 2. The highest BCUT2D eigenvalue weighted by Crippen LogP contribution is 2.30. The highest BCUT2D eigenvalue weighted by molar-refractivity contribution is 7.90. The Morgan fingerprint density at radius 1 is 1.12 bits per heavy atom. The van der Waals surface area contributed by atoms with Gasteiger partial charge in [-0.1, -0.05) is 26.0 Å². The highest BCUT2D eigenvalue weighted by atomic mass is 32.2. The maximum atomic E-state index is 13.2. The van der Waals surface area contributed by atoms with E-state index in [9.17, 15) is 27.6 Å². The molecular formula is C20H24N4O7S. The number of urea groups is 1. The van der Waals surface area contributed by atoms with Gasteiger partial charge in [0.05, 0.1) is 5.69 Å². The standard InChI is InChI=1S/C20H24N4O7S/c1-12(2)9-11-24-19(28)16(18(27)23(20(24)29)10-5-8-15(25)26)17-21-13-6-3-4-7-14(13)32(30,31)22-17/h3-4,6-7,12,16H,5,8-11H2,1-2H3,(H,21,22)(H,25,26). The maximum Gasteiger partial charge on any atom is 0.333 e. The molecule has 0 spiro atoms. The SMILES string of the molecule is CC(C)CCN1C(=O)C(C2=NS(=O)(=O)c3ccccc3N2)C(=O)N(CCCC(=O)O)C1=O. The van der Waals surface area contributed by atoms with Crippen LogP contribution < -0.4 is 5.32 Å². The van der Waals surface area contributed by atoms with Crippen LogP contribution in [0.2, 0.25) is 0 Å². The number of nitrogens with zero attached hydrogens (tertiary/aromatic N) is 3. The normalized spacial score (nSPS) is 20.2. The van der Waals surface area contributed by atoms with Crippen LogP contribution in [0.15, 0.2) is 33.6 Å². The molecule has 2 N–H and O–H groups in total. The Kier molecular flexibility index (Phi) is 6.63. The molecule has 4 amide bonds. The third-order valence-electron chi connectivity index (χ3n) is 5.11. The molecule has 0 bridgehead atoms. The Labute approximate surface area is 185 Å². The fourth-order valence-corrected chi connectivity index (χ4v) is 4.59. The van der Waals surface area contributed by atoms with Gasteiger partial charge in [0.25, 0.3) is 21.8 Å². The number of aliphatic carboxylic acids is 1. The van der Waals surface area contributed by atoms with Gasteiger partial charge in [-0.2, -0.15) is 8.42 Å². The summed E-state index contributed by atoms with van der Waals surface area (Å²) in [6.07, 6.45) is 0.192. The average molecular weight is 465 g/mol. The summed E-state index contributed by atoms with van der Waals surface area (Å²) >= 11 is 0. The third kappa shape index (κ3) is 4.64. The van der Waals surface area contributed by atoms with Gasteiger partial charge in [0.2, 0.25) is 0 Å². The molecule has 1 unspecified atom stereocenters. The molecule has 1 fully saturated rings. The molecule has 0 saturated carbocycles. The summed E-state index contributed by atoms with van der Waals surface area (Å²) in [7, 11) is -4.17. The monoisotopic (exact) mass is 464 g/mol. The summed E-state index contributed by atoms with van der Waals surface area (Å²) in [5, 5.41) is 11.6. The largest absolute Gasteiger partial charge is 0.481 e. The van der Waals surface area contributed by atoms with E-state index < -0.39 is 39.8 Å². The van der Waals surface area contributed by atoms with E-state index in [0.29, 0.717) is 6.42 Å². The quantitative estimate of drug-likeness (QED) is 0.549. The minimum Gasteiger partial charge on any atom is -0.481 e. The van der Waals surface area contributed by atoms with Gasteiger partial charge in [-0.25, -0.2) is 4.79 Å². The molecule has 1 saturated heterocycles. The number of nitrogens with one attached hydrogen (secondary N) is 1. The van der Waals surface area contributed by atoms with Crippen molar-refractivity contribution in [2.24, 2.45) is 16.2 Å². The van der Waals surface area contributed by atoms with E-state index >= 15 is 0 Å². The maximum absolute atomic E-state index is 13.2. The molecule has 0 aromatic heterocycles. The smallest absolute Gasteiger partial charge is 0.333 e. The summed E-state index contributed by atoms with van der Waals surface area (Å²) in [6, 6.07) is 5.09. The molecule has 2 heterocycles. The number of carbonyl (C=O) groups is 4. The number of fused-ring (bicyclic) bond motifs is 1. The van der Waals surface area contributed by atoms with E-state index in [1.807, 2.05) is 13.8 Å². The zero-order valence-electron chi connectivity index (χ0n) is 17.6. The molecule has 1 aromatic rings. The van der Waals surface area contributed by atoms with Gasteiger partial charge in [0.1, 0.15) is 10.7 Å². The van der Waals surface area contributed by atoms with Crippen LogP contribution in [0.5, 0.6) is 0 Å². The fourth-order valence-electron chi connectivity index (χ4n) is 3.43. The molecule has 12 heteroatoms. The number of amides is 4. The Hall–Kier alpha value is -3.28. The predicted octanol–water partition coefficient (Wildman–Crippen LogP) is 1.52. The topological polar surface area (TPSA) is 154 Å². The fraction of sp³-hybridized carbons (Fsp3) is 0.450. The second-order valence-electron chi connectivity index (χ2n) is 7.95. The molecular weight excluding hydrogens is 440 g/mol. The number of amidine groups is 1. The van der Waals surface area contributed by atoms with Gasteiger partial charge >= 0.3 is 12.0 Å². The molecule has 3 rings (SSSR count). The van der Waals surface area contributed by atoms with Crippen LogP contribution >= 0.6 is 0 Å². The summed E-state index contributed by atoms with van der Waals surface area (Å²) in [4.78, 5) is 51.6. The van der Waals surface area contributed by atoms with Crippen molar-refractivity contribution in [2.75, 3.05) is 18.4 Å². The summed E-state index contributed by atoms with van der Waals surface area (Å²) < 4.78 is 28.9. The number of anilines is 1. The lowest BCUT2D eigenvalue weighted by molar-refractivity contribution is -0.146. The van der Waals surface area contributed by atoms with Crippen molar-refractivity contribution >= 4 is 45.4 Å². The average Bonchev–Trinajstić information content (AvgIpc) is 2.69. The molecule has 1 aromatic carbocycles. The lowest BCUT2D eigenvalue weighted by Crippen LogP contribution is -2.62. The third-order valence-corrected chi connectivity index (χ3v) is 6.46. The number of barbiturate groups is 1. The van der Waals surface area contributed by atoms with Crippen molar-refractivity contribution < 1.29 is 32.7 Å². The van der Waals surface area contributed by atoms with Crippen LogP contribution in [-0.4, -0.2) is 66.1 Å². The van der Waals surface area contributed by atoms with Gasteiger partial charge in [-0.05, 0) is 30.9 Å². The second kappa shape index (κ2) is 9.07. The van der Waals surface area contributed by atoms with Crippen molar-refractivity contribution in [3.63, 3.8) is 0 Å². The van der Waals surface area contributed by atoms with Crippen LogP contribution in [0.25, 0.3) is 0 Å². The van der Waals surface area contributed by atoms with Gasteiger partial charge in [0, 0.05) is 19.5 Å². The van der Waals surface area contributed by atoms with Gasteiger partial charge in [0.15, 0.2) is 5.92 Å². The minimum atomic E-state index is -4.17. The Morgan fingerprint density at radius 3 is 2.38 bits per heavy atom. The van der Waals surface area contributed by atoms with E-state index in [2.05, 4.69) is 9.71 Å². The number of sulfonamides is 1. The first-order valence-corrected chi connectivity index (χ1v) is 11.6. The zero-order chi connectivity index (χ0) is 23.6. The molecule has 32 heavy (non-hydrogen) atoms. The van der Waals surface area contributed by atoms with E-state index in [4.69, 9.17) is 5.11 Å². The molecule has 11 nitrogen and oxygen atoms in total.